The van der Waals surface area contributed by atoms with E-state index in [1.54, 1.807) is 18.1 Å². The zero-order chi connectivity index (χ0) is 15.4. The van der Waals surface area contributed by atoms with Crippen molar-refractivity contribution in [2.45, 2.75) is 38.0 Å². The predicted octanol–water partition coefficient (Wildman–Crippen LogP) is 2.83. The molecule has 0 saturated heterocycles. The number of benzene rings is 1. The summed E-state index contributed by atoms with van der Waals surface area (Å²) in [6.45, 7) is 0.417. The van der Waals surface area contributed by atoms with Gasteiger partial charge in [0.2, 0.25) is 5.91 Å². The molecule has 1 amide bonds. The van der Waals surface area contributed by atoms with E-state index in [4.69, 9.17) is 27.9 Å². The monoisotopic (exact) mass is 331 g/mol. The molecule has 1 fully saturated rings. The maximum atomic E-state index is 12.1. The van der Waals surface area contributed by atoms with E-state index in [1.807, 2.05) is 12.1 Å². The molecule has 2 atom stereocenters. The number of hydrogen-bond acceptors (Lipinski definition) is 3. The molecule has 1 N–H and O–H groups in total. The summed E-state index contributed by atoms with van der Waals surface area (Å²) in [4.78, 5) is 13.8. The number of carbonyl (C=O) groups excluding carboxylic acids is 1. The second kappa shape index (κ2) is 7.34. The number of methoxy groups -OCH3 is 1. The Kier molecular flexibility index (Phi) is 5.73. The van der Waals surface area contributed by atoms with Crippen molar-refractivity contribution in [3.63, 3.8) is 0 Å². The standard InChI is InChI=1S/C15H19Cl2NO3/c1-21-14-5-10(4-11(17)6-14)9-18(15(20)8-16)12-2-3-13(19)7-12/h4-6,12-13,19H,2-3,7-9H2,1H3/t12-,13-/m1/s1. The molecule has 0 bridgehead atoms. The number of carbonyl (C=O) groups is 1. The number of nitrogens with zero attached hydrogens (tertiary/aromatic N) is 1. The Bertz CT molecular complexity index is 510. The van der Waals surface area contributed by atoms with Crippen LogP contribution in [0.4, 0.5) is 0 Å². The van der Waals surface area contributed by atoms with Crippen LogP contribution in [0.15, 0.2) is 18.2 Å². The molecule has 1 aromatic rings. The van der Waals surface area contributed by atoms with Gasteiger partial charge in [-0.15, -0.1) is 11.6 Å². The van der Waals surface area contributed by atoms with Gasteiger partial charge in [0, 0.05) is 17.6 Å². The molecule has 1 saturated carbocycles. The van der Waals surface area contributed by atoms with Gasteiger partial charge in [-0.1, -0.05) is 11.6 Å². The van der Waals surface area contributed by atoms with Crippen LogP contribution < -0.4 is 4.74 Å². The molecule has 0 aromatic heterocycles. The lowest BCUT2D eigenvalue weighted by Crippen LogP contribution is -2.39. The molecule has 1 aliphatic carbocycles. The average Bonchev–Trinajstić information content (AvgIpc) is 2.89. The molecule has 1 aliphatic rings. The van der Waals surface area contributed by atoms with E-state index in [0.29, 0.717) is 23.7 Å². The number of hydrogen-bond donors (Lipinski definition) is 1. The Morgan fingerprint density at radius 2 is 2.19 bits per heavy atom. The first kappa shape index (κ1) is 16.4. The summed E-state index contributed by atoms with van der Waals surface area (Å²) in [5.41, 5.74) is 0.888. The topological polar surface area (TPSA) is 49.8 Å². The van der Waals surface area contributed by atoms with Crippen LogP contribution in [0.1, 0.15) is 24.8 Å². The van der Waals surface area contributed by atoms with Crippen LogP contribution in [0.25, 0.3) is 0 Å². The molecule has 2 rings (SSSR count). The molecule has 21 heavy (non-hydrogen) atoms. The van der Waals surface area contributed by atoms with Gasteiger partial charge in [-0.25, -0.2) is 0 Å². The molecule has 0 radical (unpaired) electrons. The fourth-order valence-corrected chi connectivity index (χ4v) is 3.14. The van der Waals surface area contributed by atoms with Crippen LogP contribution in [-0.4, -0.2) is 41.0 Å². The van der Waals surface area contributed by atoms with Gasteiger partial charge in [0.25, 0.3) is 0 Å². The smallest absolute Gasteiger partial charge is 0.238 e. The number of rotatable bonds is 5. The number of aliphatic hydroxyl groups is 1. The molecule has 1 aromatic carbocycles. The fraction of sp³-hybridized carbons (Fsp3) is 0.533. The number of halogens is 2. The Morgan fingerprint density at radius 3 is 2.76 bits per heavy atom. The summed E-state index contributed by atoms with van der Waals surface area (Å²) in [6.07, 6.45) is 1.77. The third kappa shape index (κ3) is 4.25. The predicted molar refractivity (Wildman–Crippen MR) is 82.9 cm³/mol. The molecular formula is C15H19Cl2NO3. The van der Waals surface area contributed by atoms with E-state index in [1.165, 1.54) is 0 Å². The number of amides is 1. The second-order valence-electron chi connectivity index (χ2n) is 5.28. The third-order valence-electron chi connectivity index (χ3n) is 3.77. The van der Waals surface area contributed by atoms with E-state index in [2.05, 4.69) is 0 Å². The number of aliphatic hydroxyl groups excluding tert-OH is 1. The number of ether oxygens (including phenoxy) is 1. The van der Waals surface area contributed by atoms with Gasteiger partial charge in [0.1, 0.15) is 11.6 Å². The molecule has 116 valence electrons. The fourth-order valence-electron chi connectivity index (χ4n) is 2.74. The van der Waals surface area contributed by atoms with E-state index in [-0.39, 0.29) is 23.9 Å². The van der Waals surface area contributed by atoms with Gasteiger partial charge < -0.3 is 14.7 Å². The minimum Gasteiger partial charge on any atom is -0.497 e. The first-order valence-electron chi connectivity index (χ1n) is 6.90. The maximum Gasteiger partial charge on any atom is 0.238 e. The summed E-state index contributed by atoms with van der Waals surface area (Å²) in [5, 5.41) is 10.2. The lowest BCUT2D eigenvalue weighted by molar-refractivity contribution is -0.131. The zero-order valence-corrected chi connectivity index (χ0v) is 13.4. The van der Waals surface area contributed by atoms with Crippen molar-refractivity contribution in [3.05, 3.63) is 28.8 Å². The van der Waals surface area contributed by atoms with Crippen LogP contribution in [0.3, 0.4) is 0 Å². The van der Waals surface area contributed by atoms with Gasteiger partial charge >= 0.3 is 0 Å². The van der Waals surface area contributed by atoms with Crippen LogP contribution in [0, 0.1) is 0 Å². The summed E-state index contributed by atoms with van der Waals surface area (Å²) in [7, 11) is 1.57. The van der Waals surface area contributed by atoms with Gasteiger partial charge in [-0.2, -0.15) is 0 Å². The highest BCUT2D eigenvalue weighted by Gasteiger charge is 2.30. The zero-order valence-electron chi connectivity index (χ0n) is 11.9. The van der Waals surface area contributed by atoms with E-state index in [9.17, 15) is 9.90 Å². The summed E-state index contributed by atoms with van der Waals surface area (Å²) >= 11 is 11.8. The van der Waals surface area contributed by atoms with Crippen molar-refractivity contribution in [1.29, 1.82) is 0 Å². The van der Waals surface area contributed by atoms with E-state index < -0.39 is 0 Å². The largest absolute Gasteiger partial charge is 0.497 e. The van der Waals surface area contributed by atoms with Crippen LogP contribution in [-0.2, 0) is 11.3 Å². The highest BCUT2D eigenvalue weighted by molar-refractivity contribution is 6.30. The van der Waals surface area contributed by atoms with Crippen molar-refractivity contribution in [1.82, 2.24) is 4.90 Å². The van der Waals surface area contributed by atoms with E-state index in [0.717, 1.165) is 18.4 Å². The summed E-state index contributed by atoms with van der Waals surface area (Å²) in [5.74, 6) is 0.460. The quantitative estimate of drug-likeness (QED) is 0.844. The van der Waals surface area contributed by atoms with Gasteiger partial charge in [-0.05, 0) is 43.0 Å². The highest BCUT2D eigenvalue weighted by Crippen LogP contribution is 2.28. The molecule has 4 nitrogen and oxygen atoms in total. The van der Waals surface area contributed by atoms with Crippen LogP contribution in [0.5, 0.6) is 5.75 Å². The first-order chi connectivity index (χ1) is 10.0. The Balaban J connectivity index is 2.18. The molecule has 0 unspecified atom stereocenters. The SMILES string of the molecule is COc1cc(Cl)cc(CN(C(=O)CCl)[C@@H]2CC[C@@H](O)C2)c1. The van der Waals surface area contributed by atoms with Crippen molar-refractivity contribution >= 4 is 29.1 Å². The normalized spacial score (nSPS) is 21.3. The molecule has 0 aliphatic heterocycles. The van der Waals surface area contributed by atoms with Gasteiger partial charge in [0.15, 0.2) is 0 Å². The van der Waals surface area contributed by atoms with Crippen molar-refractivity contribution < 1.29 is 14.6 Å². The van der Waals surface area contributed by atoms with Crippen LogP contribution >= 0.6 is 23.2 Å². The van der Waals surface area contributed by atoms with Crippen molar-refractivity contribution in [2.24, 2.45) is 0 Å². The van der Waals surface area contributed by atoms with Gasteiger partial charge in [-0.3, -0.25) is 4.79 Å². The van der Waals surface area contributed by atoms with Crippen LogP contribution in [0.2, 0.25) is 5.02 Å². The average molecular weight is 332 g/mol. The minimum atomic E-state index is -0.338. The Labute approximate surface area is 134 Å². The maximum absolute atomic E-state index is 12.1. The highest BCUT2D eigenvalue weighted by atomic mass is 35.5. The van der Waals surface area contributed by atoms with E-state index >= 15 is 0 Å². The summed E-state index contributed by atoms with van der Waals surface area (Å²) in [6, 6.07) is 5.41. The molecule has 0 spiro atoms. The first-order valence-corrected chi connectivity index (χ1v) is 7.81. The Morgan fingerprint density at radius 1 is 1.43 bits per heavy atom. The molecule has 0 heterocycles. The van der Waals surface area contributed by atoms with Crippen molar-refractivity contribution in [3.8, 4) is 5.75 Å². The third-order valence-corrected chi connectivity index (χ3v) is 4.22. The minimum absolute atomic E-state index is 0.0243. The van der Waals surface area contributed by atoms with Crippen molar-refractivity contribution in [2.75, 3.05) is 13.0 Å². The number of alkyl halides is 1. The lowest BCUT2D eigenvalue weighted by Gasteiger charge is -2.28. The molecular weight excluding hydrogens is 313 g/mol. The van der Waals surface area contributed by atoms with Gasteiger partial charge in [0.05, 0.1) is 13.2 Å². The Hall–Kier alpha value is -0.970. The summed E-state index contributed by atoms with van der Waals surface area (Å²) < 4.78 is 5.19. The molecule has 6 heteroatoms. The lowest BCUT2D eigenvalue weighted by atomic mass is 10.1. The second-order valence-corrected chi connectivity index (χ2v) is 5.98.